The number of carbonyl (C=O) groups excluding carboxylic acids is 1. The fraction of sp³-hybridized carbons (Fsp3) is 0.353. The molecule has 1 aliphatic carbocycles. The lowest BCUT2D eigenvalue weighted by molar-refractivity contribution is 0.0680. The van der Waals surface area contributed by atoms with E-state index in [9.17, 15) is 4.79 Å². The smallest absolute Gasteiger partial charge is 0.274 e. The highest BCUT2D eigenvalue weighted by molar-refractivity contribution is 6.09. The van der Waals surface area contributed by atoms with Crippen molar-refractivity contribution in [2.45, 2.75) is 39.2 Å². The van der Waals surface area contributed by atoms with Gasteiger partial charge >= 0.3 is 0 Å². The van der Waals surface area contributed by atoms with E-state index in [0.29, 0.717) is 36.0 Å². The Bertz CT molecular complexity index is 1440. The number of ether oxygens (including phenoxy) is 5. The van der Waals surface area contributed by atoms with Crippen molar-refractivity contribution >= 4 is 17.7 Å². The van der Waals surface area contributed by atoms with Crippen molar-refractivity contribution in [2.75, 3.05) is 34.5 Å². The third-order valence-corrected chi connectivity index (χ3v) is 7.69. The summed E-state index contributed by atoms with van der Waals surface area (Å²) in [6.07, 6.45) is 5.01. The second-order valence-electron chi connectivity index (χ2n) is 10.2. The predicted molar refractivity (Wildman–Crippen MR) is 163 cm³/mol. The fourth-order valence-electron chi connectivity index (χ4n) is 5.79. The highest BCUT2D eigenvalue weighted by Gasteiger charge is 2.44. The maximum atomic E-state index is 14.3. The van der Waals surface area contributed by atoms with E-state index >= 15 is 0 Å². The van der Waals surface area contributed by atoms with Gasteiger partial charge in [0.05, 0.1) is 46.3 Å². The van der Waals surface area contributed by atoms with Crippen molar-refractivity contribution in [3.63, 3.8) is 0 Å². The van der Waals surface area contributed by atoms with E-state index in [1.807, 2.05) is 50.2 Å². The van der Waals surface area contributed by atoms with E-state index in [4.69, 9.17) is 28.8 Å². The van der Waals surface area contributed by atoms with Crippen LogP contribution in [0.25, 0.3) is 6.08 Å². The molecule has 0 N–H and O–H groups in total. The van der Waals surface area contributed by atoms with Crippen LogP contribution in [0.4, 0.5) is 0 Å². The van der Waals surface area contributed by atoms with Gasteiger partial charge in [-0.3, -0.25) is 4.79 Å². The average molecular weight is 571 g/mol. The molecule has 3 aromatic carbocycles. The minimum atomic E-state index is -0.272. The summed E-state index contributed by atoms with van der Waals surface area (Å²) in [5, 5.41) is 6.68. The Labute approximate surface area is 247 Å². The van der Waals surface area contributed by atoms with Crippen LogP contribution >= 0.6 is 0 Å². The Hall–Kier alpha value is -4.46. The minimum absolute atomic E-state index is 0.0524. The van der Waals surface area contributed by atoms with Gasteiger partial charge in [0.25, 0.3) is 5.91 Å². The Kier molecular flexibility index (Phi) is 9.00. The van der Waals surface area contributed by atoms with Crippen LogP contribution in [0.1, 0.15) is 60.6 Å². The summed E-state index contributed by atoms with van der Waals surface area (Å²) < 4.78 is 27.9. The molecular formula is C34H38N2O6. The first-order valence-corrected chi connectivity index (χ1v) is 14.4. The molecule has 0 saturated heterocycles. The quantitative estimate of drug-likeness (QED) is 0.263. The molecule has 2 unspecified atom stereocenters. The fourth-order valence-corrected chi connectivity index (χ4v) is 5.79. The zero-order valence-electron chi connectivity index (χ0n) is 24.9. The molecule has 0 aromatic heterocycles. The highest BCUT2D eigenvalue weighted by atomic mass is 16.5. The summed E-state index contributed by atoms with van der Waals surface area (Å²) in [5.41, 5.74) is 4.58. The molecule has 3 aromatic rings. The Morgan fingerprint density at radius 2 is 1.48 bits per heavy atom. The third kappa shape index (κ3) is 5.79. The number of amides is 1. The van der Waals surface area contributed by atoms with E-state index in [0.717, 1.165) is 53.2 Å². The monoisotopic (exact) mass is 570 g/mol. The van der Waals surface area contributed by atoms with Crippen molar-refractivity contribution in [3.8, 4) is 28.7 Å². The molecular weight excluding hydrogens is 532 g/mol. The lowest BCUT2D eigenvalue weighted by Crippen LogP contribution is -2.32. The predicted octanol–water partition coefficient (Wildman–Crippen LogP) is 6.95. The number of hydrogen-bond donors (Lipinski definition) is 0. The molecule has 220 valence electrons. The van der Waals surface area contributed by atoms with E-state index in [1.165, 1.54) is 14.2 Å². The van der Waals surface area contributed by atoms with Gasteiger partial charge in [-0.15, -0.1) is 0 Å². The summed E-state index contributed by atoms with van der Waals surface area (Å²) in [6.45, 7) is 5.15. The number of methoxy groups -OCH3 is 3. The van der Waals surface area contributed by atoms with Crippen LogP contribution in [-0.4, -0.2) is 51.2 Å². The van der Waals surface area contributed by atoms with Gasteiger partial charge in [0, 0.05) is 11.5 Å². The summed E-state index contributed by atoms with van der Waals surface area (Å²) >= 11 is 0. The minimum Gasteiger partial charge on any atom is -0.494 e. The van der Waals surface area contributed by atoms with Gasteiger partial charge in [-0.25, -0.2) is 5.01 Å². The summed E-state index contributed by atoms with van der Waals surface area (Å²) in [5.74, 6) is 2.71. The van der Waals surface area contributed by atoms with E-state index < -0.39 is 0 Å². The zero-order valence-corrected chi connectivity index (χ0v) is 24.9. The third-order valence-electron chi connectivity index (χ3n) is 7.69. The molecule has 0 spiro atoms. The maximum Gasteiger partial charge on any atom is 0.274 e. The van der Waals surface area contributed by atoms with Crippen LogP contribution in [0.15, 0.2) is 71.3 Å². The molecule has 1 fully saturated rings. The highest BCUT2D eigenvalue weighted by Crippen LogP contribution is 2.46. The SMILES string of the molecule is CCOc1ccc(/C=C2\CCCC3C2=NN(C(=O)c2cc(OC)c(OC)c(OC)c2)C3c2ccc(OCC)cc2)cc1. The van der Waals surface area contributed by atoms with Gasteiger partial charge in [0.1, 0.15) is 11.5 Å². The lowest BCUT2D eigenvalue weighted by atomic mass is 9.77. The number of benzene rings is 3. The normalized spacial score (nSPS) is 18.7. The van der Waals surface area contributed by atoms with Gasteiger partial charge in [-0.1, -0.05) is 24.3 Å². The van der Waals surface area contributed by atoms with Gasteiger partial charge in [0.15, 0.2) is 11.5 Å². The number of allylic oxidation sites excluding steroid dienone is 1. The van der Waals surface area contributed by atoms with Crippen molar-refractivity contribution in [2.24, 2.45) is 11.0 Å². The molecule has 1 heterocycles. The standard InChI is InChI=1S/C34H38N2O6/c1-6-41-26-15-11-22(12-16-26)19-24-9-8-10-28-31(24)35-36(32(28)23-13-17-27(18-14-23)42-7-2)34(37)25-20-29(38-3)33(40-5)30(21-25)39-4/h11-21,28,32H,6-10H2,1-5H3/b24-19+. The van der Waals surface area contributed by atoms with Gasteiger partial charge in [-0.2, -0.15) is 5.10 Å². The summed E-state index contributed by atoms with van der Waals surface area (Å²) in [7, 11) is 4.62. The summed E-state index contributed by atoms with van der Waals surface area (Å²) in [4.78, 5) is 14.3. The number of fused-ring (bicyclic) bond motifs is 1. The van der Waals surface area contributed by atoms with E-state index in [-0.39, 0.29) is 17.9 Å². The largest absolute Gasteiger partial charge is 0.494 e. The van der Waals surface area contributed by atoms with E-state index in [1.54, 1.807) is 24.3 Å². The Morgan fingerprint density at radius 1 is 0.881 bits per heavy atom. The first-order valence-electron chi connectivity index (χ1n) is 14.4. The molecule has 0 bridgehead atoms. The van der Waals surface area contributed by atoms with Gasteiger partial charge in [0.2, 0.25) is 5.75 Å². The van der Waals surface area contributed by atoms with Crippen LogP contribution in [0, 0.1) is 5.92 Å². The Morgan fingerprint density at radius 3 is 2.02 bits per heavy atom. The number of hydrogen-bond acceptors (Lipinski definition) is 7. The lowest BCUT2D eigenvalue weighted by Gasteiger charge is -2.30. The van der Waals surface area contributed by atoms with Crippen LogP contribution < -0.4 is 23.7 Å². The molecule has 1 amide bonds. The zero-order chi connectivity index (χ0) is 29.6. The number of carbonyl (C=O) groups is 1. The van der Waals surface area contributed by atoms with Crippen LogP contribution in [0.3, 0.4) is 0 Å². The van der Waals surface area contributed by atoms with Crippen LogP contribution in [-0.2, 0) is 0 Å². The number of hydrazone groups is 1. The van der Waals surface area contributed by atoms with Gasteiger partial charge in [-0.05, 0) is 92.3 Å². The molecule has 8 nitrogen and oxygen atoms in total. The maximum absolute atomic E-state index is 14.3. The van der Waals surface area contributed by atoms with Gasteiger partial charge < -0.3 is 23.7 Å². The number of nitrogens with zero attached hydrogens (tertiary/aromatic N) is 2. The molecule has 42 heavy (non-hydrogen) atoms. The summed E-state index contributed by atoms with van der Waals surface area (Å²) in [6, 6.07) is 19.1. The molecule has 8 heteroatoms. The van der Waals surface area contributed by atoms with Crippen LogP contribution in [0.2, 0.25) is 0 Å². The van der Waals surface area contributed by atoms with Crippen molar-refractivity contribution in [1.29, 1.82) is 0 Å². The second kappa shape index (κ2) is 13.0. The molecule has 0 radical (unpaired) electrons. The molecule has 1 aliphatic heterocycles. The average Bonchev–Trinajstić information content (AvgIpc) is 3.42. The molecule has 2 atom stereocenters. The number of rotatable bonds is 10. The van der Waals surface area contributed by atoms with Crippen molar-refractivity contribution < 1.29 is 28.5 Å². The van der Waals surface area contributed by atoms with Crippen LogP contribution in [0.5, 0.6) is 28.7 Å². The first kappa shape index (κ1) is 29.0. The second-order valence-corrected chi connectivity index (χ2v) is 10.2. The molecule has 2 aliphatic rings. The van der Waals surface area contributed by atoms with Crippen molar-refractivity contribution in [3.05, 3.63) is 82.9 Å². The molecule has 5 rings (SSSR count). The molecule has 1 saturated carbocycles. The Balaban J connectivity index is 1.57. The first-order chi connectivity index (χ1) is 20.5. The topological polar surface area (TPSA) is 78.8 Å². The van der Waals surface area contributed by atoms with Crippen molar-refractivity contribution in [1.82, 2.24) is 5.01 Å². The van der Waals surface area contributed by atoms with E-state index in [2.05, 4.69) is 18.2 Å².